The molecule has 16 heavy (non-hydrogen) atoms. The van der Waals surface area contributed by atoms with E-state index in [1.54, 1.807) is 7.11 Å². The lowest BCUT2D eigenvalue weighted by Crippen LogP contribution is -2.15. The highest BCUT2D eigenvalue weighted by Crippen LogP contribution is 2.10. The van der Waals surface area contributed by atoms with E-state index in [2.05, 4.69) is 34.4 Å². The Morgan fingerprint density at radius 3 is 2.75 bits per heavy atom. The fourth-order valence-electron chi connectivity index (χ4n) is 1.28. The summed E-state index contributed by atoms with van der Waals surface area (Å²) >= 11 is 0. The number of nitrogens with zero attached hydrogens (tertiary/aromatic N) is 2. The molecule has 2 N–H and O–H groups in total. The van der Waals surface area contributed by atoms with Gasteiger partial charge in [0.1, 0.15) is 5.82 Å². The molecule has 1 aromatic rings. The molecule has 1 aromatic heterocycles. The van der Waals surface area contributed by atoms with E-state index in [1.807, 2.05) is 13.0 Å². The van der Waals surface area contributed by atoms with Crippen LogP contribution >= 0.6 is 0 Å². The number of anilines is 2. The van der Waals surface area contributed by atoms with Crippen LogP contribution < -0.4 is 10.6 Å². The van der Waals surface area contributed by atoms with Crippen molar-refractivity contribution in [2.45, 2.75) is 26.8 Å². The van der Waals surface area contributed by atoms with Gasteiger partial charge in [-0.2, -0.15) is 4.98 Å². The van der Waals surface area contributed by atoms with Crippen LogP contribution in [0, 0.1) is 6.92 Å². The molecular weight excluding hydrogens is 204 g/mol. The van der Waals surface area contributed by atoms with Gasteiger partial charge in [0.05, 0.1) is 6.61 Å². The number of methoxy groups -OCH3 is 1. The van der Waals surface area contributed by atoms with Crippen molar-refractivity contribution in [2.75, 3.05) is 30.9 Å². The van der Waals surface area contributed by atoms with Crippen molar-refractivity contribution < 1.29 is 4.74 Å². The predicted molar refractivity (Wildman–Crippen MR) is 65.9 cm³/mol. The first-order chi connectivity index (χ1) is 7.61. The van der Waals surface area contributed by atoms with Crippen molar-refractivity contribution >= 4 is 11.8 Å². The number of hydrogen-bond acceptors (Lipinski definition) is 5. The summed E-state index contributed by atoms with van der Waals surface area (Å²) in [5, 5.41) is 6.37. The molecule has 1 rings (SSSR count). The third-order valence-electron chi connectivity index (χ3n) is 1.88. The summed E-state index contributed by atoms with van der Waals surface area (Å²) in [6, 6.07) is 2.29. The largest absolute Gasteiger partial charge is 0.383 e. The smallest absolute Gasteiger partial charge is 0.224 e. The first-order valence-corrected chi connectivity index (χ1v) is 5.47. The number of rotatable bonds is 6. The van der Waals surface area contributed by atoms with Crippen molar-refractivity contribution in [3.8, 4) is 0 Å². The summed E-state index contributed by atoms with van der Waals surface area (Å²) < 4.78 is 4.95. The normalized spacial score (nSPS) is 10.6. The van der Waals surface area contributed by atoms with Gasteiger partial charge in [-0.1, -0.05) is 0 Å². The van der Waals surface area contributed by atoms with E-state index >= 15 is 0 Å². The minimum absolute atomic E-state index is 0.362. The summed E-state index contributed by atoms with van der Waals surface area (Å²) in [7, 11) is 1.67. The van der Waals surface area contributed by atoms with Crippen LogP contribution in [-0.2, 0) is 4.74 Å². The van der Waals surface area contributed by atoms with E-state index in [9.17, 15) is 0 Å². The first kappa shape index (κ1) is 12.7. The van der Waals surface area contributed by atoms with Crippen molar-refractivity contribution in [1.82, 2.24) is 9.97 Å². The Bertz CT molecular complexity index is 328. The second-order valence-electron chi connectivity index (χ2n) is 3.94. The Kier molecular flexibility index (Phi) is 4.98. The minimum Gasteiger partial charge on any atom is -0.383 e. The molecule has 0 spiro atoms. The number of hydrogen-bond donors (Lipinski definition) is 2. The van der Waals surface area contributed by atoms with E-state index in [1.165, 1.54) is 0 Å². The molecule has 0 saturated heterocycles. The molecule has 0 aromatic carbocycles. The first-order valence-electron chi connectivity index (χ1n) is 5.47. The van der Waals surface area contributed by atoms with Crippen LogP contribution in [0.2, 0.25) is 0 Å². The SMILES string of the molecule is COCCNc1nc(C)cc(NC(C)C)n1. The molecule has 0 saturated carbocycles. The standard InChI is InChI=1S/C11H20N4O/c1-8(2)13-10-7-9(3)14-11(15-10)12-5-6-16-4/h7-8H,5-6H2,1-4H3,(H2,12,13,14,15). The molecule has 0 fully saturated rings. The second-order valence-corrected chi connectivity index (χ2v) is 3.94. The third kappa shape index (κ3) is 4.44. The van der Waals surface area contributed by atoms with Crippen molar-refractivity contribution in [1.29, 1.82) is 0 Å². The quantitative estimate of drug-likeness (QED) is 0.720. The van der Waals surface area contributed by atoms with Crippen LogP contribution in [0.4, 0.5) is 11.8 Å². The van der Waals surface area contributed by atoms with Gasteiger partial charge in [-0.05, 0) is 20.8 Å². The average Bonchev–Trinajstić information content (AvgIpc) is 2.16. The van der Waals surface area contributed by atoms with Crippen molar-refractivity contribution in [3.63, 3.8) is 0 Å². The van der Waals surface area contributed by atoms with Crippen LogP contribution in [0.3, 0.4) is 0 Å². The van der Waals surface area contributed by atoms with Crippen LogP contribution in [0.5, 0.6) is 0 Å². The molecule has 0 radical (unpaired) electrons. The zero-order valence-electron chi connectivity index (χ0n) is 10.4. The maximum absolute atomic E-state index is 4.95. The molecule has 0 bridgehead atoms. The molecule has 0 unspecified atom stereocenters. The van der Waals surface area contributed by atoms with Gasteiger partial charge in [-0.25, -0.2) is 4.98 Å². The molecular formula is C11H20N4O. The Hall–Kier alpha value is -1.36. The molecule has 90 valence electrons. The predicted octanol–water partition coefficient (Wildman–Crippen LogP) is 1.66. The van der Waals surface area contributed by atoms with Crippen molar-refractivity contribution in [3.05, 3.63) is 11.8 Å². The van der Waals surface area contributed by atoms with E-state index in [4.69, 9.17) is 4.74 Å². The minimum atomic E-state index is 0.362. The lowest BCUT2D eigenvalue weighted by atomic mass is 10.3. The Morgan fingerprint density at radius 2 is 2.12 bits per heavy atom. The van der Waals surface area contributed by atoms with Crippen LogP contribution in [0.15, 0.2) is 6.07 Å². The second kappa shape index (κ2) is 6.27. The highest BCUT2D eigenvalue weighted by Gasteiger charge is 2.02. The topological polar surface area (TPSA) is 59.1 Å². The molecule has 0 aliphatic carbocycles. The summed E-state index contributed by atoms with van der Waals surface area (Å²) in [4.78, 5) is 8.65. The van der Waals surface area contributed by atoms with Gasteiger partial charge >= 0.3 is 0 Å². The van der Waals surface area contributed by atoms with Gasteiger partial charge in [0.25, 0.3) is 0 Å². The molecule has 1 heterocycles. The fraction of sp³-hybridized carbons (Fsp3) is 0.636. The maximum Gasteiger partial charge on any atom is 0.224 e. The zero-order chi connectivity index (χ0) is 12.0. The van der Waals surface area contributed by atoms with E-state index in [0.717, 1.165) is 11.5 Å². The average molecular weight is 224 g/mol. The Labute approximate surface area is 96.6 Å². The van der Waals surface area contributed by atoms with Gasteiger partial charge in [-0.3, -0.25) is 0 Å². The lowest BCUT2D eigenvalue weighted by Gasteiger charge is -2.11. The van der Waals surface area contributed by atoms with Gasteiger partial charge in [-0.15, -0.1) is 0 Å². The van der Waals surface area contributed by atoms with Gasteiger partial charge in [0, 0.05) is 31.5 Å². The number of nitrogens with one attached hydrogen (secondary N) is 2. The van der Waals surface area contributed by atoms with Crippen LogP contribution in [0.25, 0.3) is 0 Å². The van der Waals surface area contributed by atoms with E-state index in [-0.39, 0.29) is 0 Å². The van der Waals surface area contributed by atoms with Crippen LogP contribution in [-0.4, -0.2) is 36.3 Å². The number of aryl methyl sites for hydroxylation is 1. The van der Waals surface area contributed by atoms with E-state index in [0.29, 0.717) is 25.1 Å². The fourth-order valence-corrected chi connectivity index (χ4v) is 1.28. The molecule has 0 aliphatic heterocycles. The summed E-state index contributed by atoms with van der Waals surface area (Å²) in [6.45, 7) is 7.46. The lowest BCUT2D eigenvalue weighted by molar-refractivity contribution is 0.210. The molecule has 5 heteroatoms. The summed E-state index contributed by atoms with van der Waals surface area (Å²) in [5.41, 5.74) is 0.943. The number of aromatic nitrogens is 2. The Balaban J connectivity index is 2.65. The van der Waals surface area contributed by atoms with Gasteiger partial charge in [0.2, 0.25) is 5.95 Å². The molecule has 0 amide bonds. The Morgan fingerprint density at radius 1 is 1.38 bits per heavy atom. The van der Waals surface area contributed by atoms with Crippen molar-refractivity contribution in [2.24, 2.45) is 0 Å². The monoisotopic (exact) mass is 224 g/mol. The molecule has 0 aliphatic rings. The molecule has 0 atom stereocenters. The highest BCUT2D eigenvalue weighted by atomic mass is 16.5. The van der Waals surface area contributed by atoms with Gasteiger partial charge < -0.3 is 15.4 Å². The summed E-state index contributed by atoms with van der Waals surface area (Å²) in [5.74, 6) is 1.49. The summed E-state index contributed by atoms with van der Waals surface area (Å²) in [6.07, 6.45) is 0. The highest BCUT2D eigenvalue weighted by molar-refractivity contribution is 5.42. The third-order valence-corrected chi connectivity index (χ3v) is 1.88. The van der Waals surface area contributed by atoms with Crippen LogP contribution in [0.1, 0.15) is 19.5 Å². The maximum atomic E-state index is 4.95. The van der Waals surface area contributed by atoms with Gasteiger partial charge in [0.15, 0.2) is 0 Å². The number of ether oxygens (including phenoxy) is 1. The zero-order valence-corrected chi connectivity index (χ0v) is 10.4. The molecule has 5 nitrogen and oxygen atoms in total. The van der Waals surface area contributed by atoms with E-state index < -0.39 is 0 Å².